The second-order valence-electron chi connectivity index (χ2n) is 3.93. The van der Waals surface area contributed by atoms with Crippen LogP contribution in [0.2, 0.25) is 0 Å². The van der Waals surface area contributed by atoms with Crippen molar-refractivity contribution in [2.75, 3.05) is 24.8 Å². The van der Waals surface area contributed by atoms with Crippen LogP contribution in [0.5, 0.6) is 11.5 Å². The highest BCUT2D eigenvalue weighted by Gasteiger charge is 2.16. The van der Waals surface area contributed by atoms with E-state index >= 15 is 0 Å². The smallest absolute Gasteiger partial charge is 0.210 e. The highest BCUT2D eigenvalue weighted by atomic mass is 32.2. The lowest BCUT2D eigenvalue weighted by molar-refractivity contribution is 0.272. The predicted octanol–water partition coefficient (Wildman–Crippen LogP) is 1.51. The zero-order valence-corrected chi connectivity index (χ0v) is 11.3. The number of rotatable bonds is 4. The van der Waals surface area contributed by atoms with Crippen LogP contribution in [-0.2, 0) is 6.61 Å². The van der Waals surface area contributed by atoms with Gasteiger partial charge in [0.1, 0.15) is 6.61 Å². The Labute approximate surface area is 115 Å². The molecule has 2 heterocycles. The van der Waals surface area contributed by atoms with Crippen molar-refractivity contribution in [2.45, 2.75) is 11.8 Å². The van der Waals surface area contributed by atoms with Gasteiger partial charge in [0.05, 0.1) is 7.11 Å². The zero-order valence-electron chi connectivity index (χ0n) is 10.5. The molecule has 3 rings (SSSR count). The van der Waals surface area contributed by atoms with Crippen LogP contribution in [-0.4, -0.2) is 34.3 Å². The fourth-order valence-electron chi connectivity index (χ4n) is 1.83. The SMILES string of the molecule is COc1ccccc1OCc1nnc2n1NCCS2. The molecule has 19 heavy (non-hydrogen) atoms. The largest absolute Gasteiger partial charge is 0.493 e. The number of nitrogens with one attached hydrogen (secondary N) is 1. The predicted molar refractivity (Wildman–Crippen MR) is 72.3 cm³/mol. The highest BCUT2D eigenvalue weighted by Crippen LogP contribution is 2.27. The van der Waals surface area contributed by atoms with Crippen LogP contribution in [0, 0.1) is 0 Å². The second kappa shape index (κ2) is 5.40. The summed E-state index contributed by atoms with van der Waals surface area (Å²) in [5.74, 6) is 3.17. The highest BCUT2D eigenvalue weighted by molar-refractivity contribution is 7.99. The van der Waals surface area contributed by atoms with Gasteiger partial charge in [0.25, 0.3) is 0 Å². The molecule has 100 valence electrons. The number of thioether (sulfide) groups is 1. The molecule has 0 bridgehead atoms. The van der Waals surface area contributed by atoms with Crippen LogP contribution in [0.15, 0.2) is 29.4 Å². The Morgan fingerprint density at radius 1 is 1.32 bits per heavy atom. The Morgan fingerprint density at radius 3 is 3.00 bits per heavy atom. The van der Waals surface area contributed by atoms with Crippen molar-refractivity contribution in [3.63, 3.8) is 0 Å². The van der Waals surface area contributed by atoms with Crippen molar-refractivity contribution in [1.82, 2.24) is 14.9 Å². The number of fused-ring (bicyclic) bond motifs is 1. The van der Waals surface area contributed by atoms with Gasteiger partial charge < -0.3 is 14.9 Å². The van der Waals surface area contributed by atoms with Crippen LogP contribution in [0.25, 0.3) is 0 Å². The molecule has 0 radical (unpaired) electrons. The maximum absolute atomic E-state index is 5.74. The van der Waals surface area contributed by atoms with Gasteiger partial charge >= 0.3 is 0 Å². The summed E-state index contributed by atoms with van der Waals surface area (Å²) in [4.78, 5) is 0. The summed E-state index contributed by atoms with van der Waals surface area (Å²) < 4.78 is 12.9. The Balaban J connectivity index is 1.74. The summed E-state index contributed by atoms with van der Waals surface area (Å²) in [5, 5.41) is 9.13. The minimum atomic E-state index is 0.348. The standard InChI is InChI=1S/C12H14N4O2S/c1-17-9-4-2-3-5-10(9)18-8-11-14-15-12-16(11)13-6-7-19-12/h2-5,13H,6-8H2,1H3. The van der Waals surface area contributed by atoms with Crippen molar-refractivity contribution in [3.8, 4) is 11.5 Å². The average Bonchev–Trinajstić information content (AvgIpc) is 2.89. The molecule has 1 aliphatic heterocycles. The summed E-state index contributed by atoms with van der Waals surface area (Å²) >= 11 is 1.69. The van der Waals surface area contributed by atoms with Gasteiger partial charge in [0.15, 0.2) is 17.3 Å². The van der Waals surface area contributed by atoms with Crippen LogP contribution in [0.3, 0.4) is 0 Å². The summed E-state index contributed by atoms with van der Waals surface area (Å²) in [5.41, 5.74) is 3.24. The second-order valence-corrected chi connectivity index (χ2v) is 4.99. The van der Waals surface area contributed by atoms with Gasteiger partial charge in [-0.25, -0.2) is 4.68 Å². The van der Waals surface area contributed by atoms with Gasteiger partial charge in [-0.3, -0.25) is 0 Å². The number of hydrogen-bond donors (Lipinski definition) is 1. The van der Waals surface area contributed by atoms with Gasteiger partial charge in [-0.15, -0.1) is 10.2 Å². The topological polar surface area (TPSA) is 61.2 Å². The van der Waals surface area contributed by atoms with E-state index in [1.807, 2.05) is 28.9 Å². The van der Waals surface area contributed by atoms with E-state index in [1.54, 1.807) is 18.9 Å². The van der Waals surface area contributed by atoms with Crippen molar-refractivity contribution in [3.05, 3.63) is 30.1 Å². The molecule has 6 nitrogen and oxygen atoms in total. The number of nitrogens with zero attached hydrogens (tertiary/aromatic N) is 3. The minimum Gasteiger partial charge on any atom is -0.493 e. The molecule has 7 heteroatoms. The molecule has 0 fully saturated rings. The minimum absolute atomic E-state index is 0.348. The molecule has 1 aliphatic rings. The molecule has 0 unspecified atom stereocenters. The fourth-order valence-corrected chi connectivity index (χ4v) is 2.60. The maximum atomic E-state index is 5.74. The lowest BCUT2D eigenvalue weighted by Crippen LogP contribution is -2.25. The first-order chi connectivity index (χ1) is 9.38. The Morgan fingerprint density at radius 2 is 2.16 bits per heavy atom. The molecular weight excluding hydrogens is 264 g/mol. The zero-order chi connectivity index (χ0) is 13.1. The first-order valence-electron chi connectivity index (χ1n) is 5.95. The van der Waals surface area contributed by atoms with E-state index in [2.05, 4.69) is 15.6 Å². The molecule has 1 aromatic heterocycles. The molecular formula is C12H14N4O2S. The van der Waals surface area contributed by atoms with Crippen LogP contribution < -0.4 is 14.9 Å². The van der Waals surface area contributed by atoms with Gasteiger partial charge in [-0.1, -0.05) is 23.9 Å². The van der Waals surface area contributed by atoms with E-state index in [0.29, 0.717) is 18.1 Å². The third kappa shape index (κ3) is 2.46. The van der Waals surface area contributed by atoms with E-state index in [1.165, 1.54) is 0 Å². The Kier molecular flexibility index (Phi) is 3.45. The van der Waals surface area contributed by atoms with E-state index in [4.69, 9.17) is 9.47 Å². The van der Waals surface area contributed by atoms with Crippen LogP contribution >= 0.6 is 11.8 Å². The van der Waals surface area contributed by atoms with E-state index < -0.39 is 0 Å². The third-order valence-electron chi connectivity index (χ3n) is 2.73. The van der Waals surface area contributed by atoms with Gasteiger partial charge in [0, 0.05) is 12.3 Å². The summed E-state index contributed by atoms with van der Waals surface area (Å²) in [7, 11) is 1.62. The van der Waals surface area contributed by atoms with E-state index in [9.17, 15) is 0 Å². The Hall–Kier alpha value is -1.89. The molecule has 0 saturated heterocycles. The quantitative estimate of drug-likeness (QED) is 0.915. The third-order valence-corrected chi connectivity index (χ3v) is 3.66. The summed E-state index contributed by atoms with van der Waals surface area (Å²) in [6.07, 6.45) is 0. The number of aromatic nitrogens is 3. The molecule has 0 saturated carbocycles. The molecule has 0 atom stereocenters. The van der Waals surface area contributed by atoms with E-state index in [0.717, 1.165) is 23.3 Å². The molecule has 1 aromatic carbocycles. The number of benzene rings is 1. The lowest BCUT2D eigenvalue weighted by Gasteiger charge is -2.17. The molecule has 0 spiro atoms. The molecule has 1 N–H and O–H groups in total. The van der Waals surface area contributed by atoms with Gasteiger partial charge in [-0.2, -0.15) is 0 Å². The van der Waals surface area contributed by atoms with E-state index in [-0.39, 0.29) is 0 Å². The average molecular weight is 278 g/mol. The van der Waals surface area contributed by atoms with Gasteiger partial charge in [0.2, 0.25) is 5.16 Å². The maximum Gasteiger partial charge on any atom is 0.210 e. The number of ether oxygens (including phenoxy) is 2. The van der Waals surface area contributed by atoms with Gasteiger partial charge in [-0.05, 0) is 12.1 Å². The van der Waals surface area contributed by atoms with Crippen LogP contribution in [0.1, 0.15) is 5.82 Å². The van der Waals surface area contributed by atoms with Crippen molar-refractivity contribution < 1.29 is 9.47 Å². The monoisotopic (exact) mass is 278 g/mol. The molecule has 0 aliphatic carbocycles. The van der Waals surface area contributed by atoms with Crippen LogP contribution in [0.4, 0.5) is 0 Å². The first kappa shape index (κ1) is 12.2. The van der Waals surface area contributed by atoms with Crippen molar-refractivity contribution >= 4 is 11.8 Å². The normalized spacial score (nSPS) is 13.5. The van der Waals surface area contributed by atoms with Crippen molar-refractivity contribution in [1.29, 1.82) is 0 Å². The molecule has 0 amide bonds. The number of hydrogen-bond acceptors (Lipinski definition) is 6. The Bertz CT molecular complexity index is 573. The first-order valence-corrected chi connectivity index (χ1v) is 6.94. The summed E-state index contributed by atoms with van der Waals surface area (Å²) in [6.45, 7) is 1.25. The fraction of sp³-hybridized carbons (Fsp3) is 0.333. The number of para-hydroxylation sites is 2. The van der Waals surface area contributed by atoms with Crippen molar-refractivity contribution in [2.24, 2.45) is 0 Å². The lowest BCUT2D eigenvalue weighted by atomic mass is 10.3. The summed E-state index contributed by atoms with van der Waals surface area (Å²) in [6, 6.07) is 7.55. The molecule has 2 aromatic rings. The number of methoxy groups -OCH3 is 1.